The number of hydrogen-bond acceptors (Lipinski definition) is 4. The summed E-state index contributed by atoms with van der Waals surface area (Å²) in [6.07, 6.45) is 0. The van der Waals surface area contributed by atoms with Gasteiger partial charge in [-0.25, -0.2) is 0 Å². The van der Waals surface area contributed by atoms with Crippen molar-refractivity contribution in [2.75, 3.05) is 20.3 Å². The summed E-state index contributed by atoms with van der Waals surface area (Å²) in [7, 11) is 1.62. The maximum Gasteiger partial charge on any atom is 0.197 e. The molecule has 0 N–H and O–H groups in total. The monoisotopic (exact) mass is 262 g/mol. The minimum absolute atomic E-state index is 0.00994. The van der Waals surface area contributed by atoms with Gasteiger partial charge in [0, 0.05) is 18.1 Å². The molecule has 2 aromatic rings. The highest BCUT2D eigenvalue weighted by molar-refractivity contribution is 7.08. The highest BCUT2D eigenvalue weighted by Crippen LogP contribution is 2.22. The number of rotatable bonds is 6. The van der Waals surface area contributed by atoms with Crippen LogP contribution in [0.3, 0.4) is 0 Å². The second-order valence-corrected chi connectivity index (χ2v) is 4.46. The van der Waals surface area contributed by atoms with Crippen molar-refractivity contribution in [2.24, 2.45) is 0 Å². The highest BCUT2D eigenvalue weighted by Gasteiger charge is 2.14. The molecule has 94 valence electrons. The van der Waals surface area contributed by atoms with Crippen molar-refractivity contribution >= 4 is 17.1 Å². The van der Waals surface area contributed by atoms with E-state index in [9.17, 15) is 4.79 Å². The predicted octanol–water partition coefficient (Wildman–Crippen LogP) is 3.00. The molecule has 18 heavy (non-hydrogen) atoms. The summed E-state index contributed by atoms with van der Waals surface area (Å²) in [6.45, 7) is 0.936. The Kier molecular flexibility index (Phi) is 4.50. The summed E-state index contributed by atoms with van der Waals surface area (Å²) in [4.78, 5) is 12.3. The second-order valence-electron chi connectivity index (χ2n) is 3.68. The van der Waals surface area contributed by atoms with Crippen LogP contribution in [0.15, 0.2) is 41.1 Å². The SMILES string of the molecule is COCCOc1ccccc1C(=O)c1ccsc1. The first-order chi connectivity index (χ1) is 8.83. The van der Waals surface area contributed by atoms with Gasteiger partial charge in [0.2, 0.25) is 0 Å². The van der Waals surface area contributed by atoms with E-state index in [1.807, 2.05) is 29.0 Å². The zero-order valence-electron chi connectivity index (χ0n) is 10.1. The average molecular weight is 262 g/mol. The van der Waals surface area contributed by atoms with Crippen LogP contribution in [0.5, 0.6) is 5.75 Å². The van der Waals surface area contributed by atoms with Crippen LogP contribution in [0.1, 0.15) is 15.9 Å². The summed E-state index contributed by atoms with van der Waals surface area (Å²) in [6, 6.07) is 9.09. The molecule has 0 aliphatic rings. The molecule has 0 saturated heterocycles. The highest BCUT2D eigenvalue weighted by atomic mass is 32.1. The molecule has 0 atom stereocenters. The Bertz CT molecular complexity index is 506. The molecule has 1 heterocycles. The van der Waals surface area contributed by atoms with Gasteiger partial charge in [-0.05, 0) is 23.6 Å². The molecule has 0 spiro atoms. The molecule has 0 unspecified atom stereocenters. The molecule has 1 aromatic heterocycles. The number of carbonyl (C=O) groups is 1. The number of hydrogen-bond donors (Lipinski definition) is 0. The molecule has 4 heteroatoms. The van der Waals surface area contributed by atoms with Crippen molar-refractivity contribution < 1.29 is 14.3 Å². The predicted molar refractivity (Wildman–Crippen MR) is 71.6 cm³/mol. The van der Waals surface area contributed by atoms with E-state index in [1.54, 1.807) is 19.2 Å². The maximum absolute atomic E-state index is 12.3. The second kappa shape index (κ2) is 6.33. The van der Waals surface area contributed by atoms with E-state index in [-0.39, 0.29) is 5.78 Å². The molecule has 1 aromatic carbocycles. The third kappa shape index (κ3) is 2.97. The fourth-order valence-corrected chi connectivity index (χ4v) is 2.20. The van der Waals surface area contributed by atoms with Crippen LogP contribution in [0, 0.1) is 0 Å². The zero-order valence-corrected chi connectivity index (χ0v) is 10.9. The molecule has 0 saturated carbocycles. The average Bonchev–Trinajstić information content (AvgIpc) is 2.93. The number of methoxy groups -OCH3 is 1. The lowest BCUT2D eigenvalue weighted by molar-refractivity contribution is 0.103. The van der Waals surface area contributed by atoms with Gasteiger partial charge in [0.15, 0.2) is 5.78 Å². The minimum Gasteiger partial charge on any atom is -0.490 e. The summed E-state index contributed by atoms with van der Waals surface area (Å²) in [5, 5.41) is 3.73. The molecular weight excluding hydrogens is 248 g/mol. The number of thiophene rings is 1. The van der Waals surface area contributed by atoms with Crippen LogP contribution in [0.2, 0.25) is 0 Å². The topological polar surface area (TPSA) is 35.5 Å². The van der Waals surface area contributed by atoms with Gasteiger partial charge in [0.05, 0.1) is 12.2 Å². The Balaban J connectivity index is 2.19. The summed E-state index contributed by atoms with van der Waals surface area (Å²) in [5.41, 5.74) is 1.29. The normalized spacial score (nSPS) is 10.3. The van der Waals surface area contributed by atoms with E-state index in [2.05, 4.69) is 0 Å². The minimum atomic E-state index is -0.00994. The van der Waals surface area contributed by atoms with Crippen LogP contribution in [-0.4, -0.2) is 26.1 Å². The van der Waals surface area contributed by atoms with E-state index >= 15 is 0 Å². The molecule has 0 aliphatic heterocycles. The van der Waals surface area contributed by atoms with Crippen LogP contribution < -0.4 is 4.74 Å². The van der Waals surface area contributed by atoms with Gasteiger partial charge in [-0.1, -0.05) is 12.1 Å². The quantitative estimate of drug-likeness (QED) is 0.593. The van der Waals surface area contributed by atoms with E-state index in [1.165, 1.54) is 11.3 Å². The van der Waals surface area contributed by atoms with E-state index in [0.29, 0.717) is 30.1 Å². The van der Waals surface area contributed by atoms with Gasteiger partial charge in [-0.15, -0.1) is 0 Å². The standard InChI is InChI=1S/C14H14O3S/c1-16-7-8-17-13-5-3-2-4-12(13)14(15)11-6-9-18-10-11/h2-6,9-10H,7-8H2,1H3. The first-order valence-corrected chi connectivity index (χ1v) is 6.55. The lowest BCUT2D eigenvalue weighted by atomic mass is 10.1. The maximum atomic E-state index is 12.3. The third-order valence-corrected chi connectivity index (χ3v) is 3.14. The largest absolute Gasteiger partial charge is 0.490 e. The van der Waals surface area contributed by atoms with Gasteiger partial charge in [-0.3, -0.25) is 4.79 Å². The molecule has 0 amide bonds. The van der Waals surface area contributed by atoms with Crippen LogP contribution >= 0.6 is 11.3 Å². The molecule has 0 aliphatic carbocycles. The molecule has 0 radical (unpaired) electrons. The lowest BCUT2D eigenvalue weighted by Gasteiger charge is -2.09. The van der Waals surface area contributed by atoms with Crippen LogP contribution in [0.4, 0.5) is 0 Å². The third-order valence-electron chi connectivity index (χ3n) is 2.46. The lowest BCUT2D eigenvalue weighted by Crippen LogP contribution is -2.08. The first kappa shape index (κ1) is 12.8. The van der Waals surface area contributed by atoms with Gasteiger partial charge in [0.25, 0.3) is 0 Å². The fraction of sp³-hybridized carbons (Fsp3) is 0.214. The number of carbonyl (C=O) groups excluding carboxylic acids is 1. The number of ketones is 1. The summed E-state index contributed by atoms with van der Waals surface area (Å²) >= 11 is 1.51. The van der Waals surface area contributed by atoms with E-state index in [4.69, 9.17) is 9.47 Å². The van der Waals surface area contributed by atoms with Gasteiger partial charge in [-0.2, -0.15) is 11.3 Å². The summed E-state index contributed by atoms with van der Waals surface area (Å²) < 4.78 is 10.5. The molecule has 2 rings (SSSR count). The number of benzene rings is 1. The Morgan fingerprint density at radius 1 is 1.22 bits per heavy atom. The van der Waals surface area contributed by atoms with E-state index < -0.39 is 0 Å². The van der Waals surface area contributed by atoms with Crippen molar-refractivity contribution in [3.05, 3.63) is 52.2 Å². The smallest absolute Gasteiger partial charge is 0.197 e. The van der Waals surface area contributed by atoms with Gasteiger partial charge < -0.3 is 9.47 Å². The van der Waals surface area contributed by atoms with Gasteiger partial charge >= 0.3 is 0 Å². The fourth-order valence-electron chi connectivity index (χ4n) is 1.56. The van der Waals surface area contributed by atoms with Crippen molar-refractivity contribution in [1.82, 2.24) is 0 Å². The van der Waals surface area contributed by atoms with Crippen LogP contribution in [-0.2, 0) is 4.74 Å². The van der Waals surface area contributed by atoms with Crippen LogP contribution in [0.25, 0.3) is 0 Å². The Labute approximate surface area is 110 Å². The molecule has 3 nitrogen and oxygen atoms in total. The molecule has 0 bridgehead atoms. The van der Waals surface area contributed by atoms with E-state index in [0.717, 1.165) is 0 Å². The summed E-state index contributed by atoms with van der Waals surface area (Å²) in [5.74, 6) is 0.593. The Morgan fingerprint density at radius 3 is 2.78 bits per heavy atom. The zero-order chi connectivity index (χ0) is 12.8. The van der Waals surface area contributed by atoms with Crippen molar-refractivity contribution in [3.8, 4) is 5.75 Å². The molecular formula is C14H14O3S. The number of ether oxygens (including phenoxy) is 2. The molecule has 0 fully saturated rings. The Hall–Kier alpha value is -1.65. The Morgan fingerprint density at radius 2 is 2.06 bits per heavy atom. The van der Waals surface area contributed by atoms with Crippen molar-refractivity contribution in [3.63, 3.8) is 0 Å². The van der Waals surface area contributed by atoms with Crippen molar-refractivity contribution in [1.29, 1.82) is 0 Å². The first-order valence-electron chi connectivity index (χ1n) is 5.60. The number of para-hydroxylation sites is 1. The van der Waals surface area contributed by atoms with Gasteiger partial charge in [0.1, 0.15) is 12.4 Å². The van der Waals surface area contributed by atoms with Crippen molar-refractivity contribution in [2.45, 2.75) is 0 Å².